The lowest BCUT2D eigenvalue weighted by molar-refractivity contribution is 0.313. The van der Waals surface area contributed by atoms with Crippen molar-refractivity contribution in [1.29, 1.82) is 0 Å². The van der Waals surface area contributed by atoms with E-state index in [9.17, 15) is 4.79 Å². The smallest absolute Gasteiger partial charge is 0.256 e. The maximum absolute atomic E-state index is 14.0. The van der Waals surface area contributed by atoms with Crippen LogP contribution in [0.3, 0.4) is 0 Å². The van der Waals surface area contributed by atoms with Gasteiger partial charge in [0.05, 0.1) is 5.39 Å². The van der Waals surface area contributed by atoms with Gasteiger partial charge in [-0.2, -0.15) is 4.98 Å². The summed E-state index contributed by atoms with van der Waals surface area (Å²) in [5.74, 6) is 4.61. The van der Waals surface area contributed by atoms with Crippen molar-refractivity contribution in [1.82, 2.24) is 19.4 Å². The number of piperazine rings is 1. The Kier molecular flexibility index (Phi) is 9.86. The van der Waals surface area contributed by atoms with E-state index in [1.54, 1.807) is 0 Å². The van der Waals surface area contributed by atoms with Gasteiger partial charge in [0.25, 0.3) is 5.56 Å². The van der Waals surface area contributed by atoms with Crippen LogP contribution in [0.2, 0.25) is 16.6 Å². The first-order valence-corrected chi connectivity index (χ1v) is 19.0. The molecule has 1 aliphatic carbocycles. The third-order valence-electron chi connectivity index (χ3n) is 10.4. The third-order valence-corrected chi connectivity index (χ3v) is 16.7. The summed E-state index contributed by atoms with van der Waals surface area (Å²) < 4.78 is 1.91. The Bertz CT molecular complexity index is 1550. The molecule has 7 nitrogen and oxygen atoms in total. The van der Waals surface area contributed by atoms with E-state index in [0.29, 0.717) is 46.2 Å². The van der Waals surface area contributed by atoms with Crippen LogP contribution in [0.5, 0.6) is 0 Å². The first-order chi connectivity index (χ1) is 21.0. The summed E-state index contributed by atoms with van der Waals surface area (Å²) in [7, 11) is 0.184. The van der Waals surface area contributed by atoms with Crippen LogP contribution in [0.15, 0.2) is 35.3 Å². The summed E-state index contributed by atoms with van der Waals surface area (Å²) in [4.78, 5) is 28.6. The molecule has 2 aromatic heterocycles. The number of aromatic nitrogens is 3. The van der Waals surface area contributed by atoms with Crippen molar-refractivity contribution in [3.63, 3.8) is 0 Å². The predicted octanol–water partition coefficient (Wildman–Crippen LogP) is 7.36. The summed E-state index contributed by atoms with van der Waals surface area (Å²) in [6, 6.07) is 8.51. The molecule has 0 bridgehead atoms. The summed E-state index contributed by atoms with van der Waals surface area (Å²) in [5, 5.41) is 4.29. The topological polar surface area (TPSA) is 66.3 Å². The number of likely N-dealkylation sites (N-methyl/N-ethyl adjacent to an activating group) is 1. The molecular weight excluding hydrogens is 561 g/mol. The zero-order valence-electron chi connectivity index (χ0n) is 28.2. The molecule has 2 fully saturated rings. The highest BCUT2D eigenvalue weighted by molar-refractivity contribution is 6.90. The average Bonchev–Trinajstić information content (AvgIpc) is 3.51. The van der Waals surface area contributed by atoms with Gasteiger partial charge < -0.3 is 15.1 Å². The molecule has 2 aliphatic rings. The molecule has 0 radical (unpaired) electrons. The standard InChI is InChI=1S/C36H52N6OSi/c1-25(2)44(26(3)4,27(5)6)22-17-32-28(7)35(43)42(24-29-11-9-10-12-29)34-33(32)23-37-36(39-34)38-30-13-15-31(16-14-30)41-20-18-40(8)19-21-41/h13-16,23,25-27,29H,9-12,18-21,24H2,1-8H3,(H,37,38,39). The fourth-order valence-corrected chi connectivity index (χ4v) is 13.0. The Balaban J connectivity index is 1.55. The molecule has 1 aromatic carbocycles. The highest BCUT2D eigenvalue weighted by Crippen LogP contribution is 2.41. The quantitative estimate of drug-likeness (QED) is 0.212. The van der Waals surface area contributed by atoms with E-state index in [4.69, 9.17) is 9.97 Å². The normalized spacial score (nSPS) is 16.8. The van der Waals surface area contributed by atoms with Gasteiger partial charge in [0.2, 0.25) is 5.95 Å². The van der Waals surface area contributed by atoms with Crippen molar-refractivity contribution in [2.24, 2.45) is 5.92 Å². The molecule has 0 amide bonds. The lowest BCUT2D eigenvalue weighted by atomic mass is 10.1. The Labute approximate surface area is 265 Å². The van der Waals surface area contributed by atoms with Crippen molar-refractivity contribution in [3.05, 3.63) is 51.9 Å². The van der Waals surface area contributed by atoms with Crippen molar-refractivity contribution in [2.75, 3.05) is 43.4 Å². The maximum atomic E-state index is 14.0. The molecule has 1 saturated heterocycles. The Hall–Kier alpha value is -3.15. The number of anilines is 3. The number of rotatable bonds is 8. The van der Waals surface area contributed by atoms with Crippen molar-refractivity contribution >= 4 is 36.4 Å². The maximum Gasteiger partial charge on any atom is 0.256 e. The second-order valence-electron chi connectivity index (χ2n) is 14.1. The molecule has 1 saturated carbocycles. The second-order valence-corrected chi connectivity index (χ2v) is 19.7. The van der Waals surface area contributed by atoms with Gasteiger partial charge in [-0.1, -0.05) is 60.3 Å². The Morgan fingerprint density at radius 3 is 2.16 bits per heavy atom. The van der Waals surface area contributed by atoms with Gasteiger partial charge >= 0.3 is 0 Å². The average molecular weight is 613 g/mol. The third kappa shape index (κ3) is 6.45. The van der Waals surface area contributed by atoms with E-state index >= 15 is 0 Å². The SMILES string of the molecule is Cc1c(C#C[Si](C(C)C)(C(C)C)C(C)C)c2cnc(Nc3ccc(N4CCN(C)CC4)cc3)nc2n(CC2CCCC2)c1=O. The summed E-state index contributed by atoms with van der Waals surface area (Å²) in [5.41, 5.74) is 9.79. The van der Waals surface area contributed by atoms with Crippen LogP contribution < -0.4 is 15.8 Å². The van der Waals surface area contributed by atoms with Crippen LogP contribution in [0.25, 0.3) is 11.0 Å². The van der Waals surface area contributed by atoms with E-state index in [0.717, 1.165) is 55.7 Å². The fraction of sp³-hybridized carbons (Fsp3) is 0.583. The summed E-state index contributed by atoms with van der Waals surface area (Å²) in [6.07, 6.45) is 6.68. The van der Waals surface area contributed by atoms with Crippen LogP contribution in [-0.4, -0.2) is 60.7 Å². The summed E-state index contributed by atoms with van der Waals surface area (Å²) in [6.45, 7) is 20.8. The van der Waals surface area contributed by atoms with Crippen LogP contribution in [0, 0.1) is 24.3 Å². The van der Waals surface area contributed by atoms with Gasteiger partial charge in [-0.3, -0.25) is 9.36 Å². The molecule has 8 heteroatoms. The van der Waals surface area contributed by atoms with E-state index in [-0.39, 0.29) is 5.56 Å². The van der Waals surface area contributed by atoms with Gasteiger partial charge in [-0.05, 0) is 73.6 Å². The molecule has 1 N–H and O–H groups in total. The van der Waals surface area contributed by atoms with Gasteiger partial charge in [0, 0.05) is 61.4 Å². The highest BCUT2D eigenvalue weighted by Gasteiger charge is 2.41. The molecule has 0 unspecified atom stereocenters. The van der Waals surface area contributed by atoms with Crippen molar-refractivity contribution < 1.29 is 0 Å². The van der Waals surface area contributed by atoms with Crippen LogP contribution in [0.1, 0.15) is 78.4 Å². The Morgan fingerprint density at radius 1 is 0.955 bits per heavy atom. The van der Waals surface area contributed by atoms with E-state index < -0.39 is 8.07 Å². The minimum atomic E-state index is -1.99. The molecule has 44 heavy (non-hydrogen) atoms. The molecular formula is C36H52N6OSi. The number of fused-ring (bicyclic) bond motifs is 1. The predicted molar refractivity (Wildman–Crippen MR) is 188 cm³/mol. The molecule has 0 atom stereocenters. The van der Waals surface area contributed by atoms with Crippen molar-refractivity contribution in [3.8, 4) is 11.5 Å². The number of pyridine rings is 1. The molecule has 236 valence electrons. The lowest BCUT2D eigenvalue weighted by Gasteiger charge is -2.38. The summed E-state index contributed by atoms with van der Waals surface area (Å²) >= 11 is 0. The monoisotopic (exact) mass is 612 g/mol. The number of benzene rings is 1. The Morgan fingerprint density at radius 2 is 1.57 bits per heavy atom. The van der Waals surface area contributed by atoms with Crippen LogP contribution >= 0.6 is 0 Å². The van der Waals surface area contributed by atoms with Crippen LogP contribution in [-0.2, 0) is 6.54 Å². The lowest BCUT2D eigenvalue weighted by Crippen LogP contribution is -2.44. The number of hydrogen-bond acceptors (Lipinski definition) is 6. The van der Waals surface area contributed by atoms with Gasteiger partial charge in [0.15, 0.2) is 0 Å². The fourth-order valence-electron chi connectivity index (χ4n) is 7.76. The minimum Gasteiger partial charge on any atom is -0.369 e. The second kappa shape index (κ2) is 13.5. The molecule has 5 rings (SSSR count). The van der Waals surface area contributed by atoms with Crippen molar-refractivity contribution in [2.45, 2.75) is 97.3 Å². The van der Waals surface area contributed by atoms with E-state index in [2.05, 4.69) is 99.4 Å². The number of nitrogens with zero attached hydrogens (tertiary/aromatic N) is 5. The van der Waals surface area contributed by atoms with E-state index in [1.807, 2.05) is 17.7 Å². The molecule has 0 spiro atoms. The number of nitrogens with one attached hydrogen (secondary N) is 1. The zero-order valence-corrected chi connectivity index (χ0v) is 29.2. The van der Waals surface area contributed by atoms with Gasteiger partial charge in [-0.25, -0.2) is 4.98 Å². The molecule has 1 aliphatic heterocycles. The number of hydrogen-bond donors (Lipinski definition) is 1. The largest absolute Gasteiger partial charge is 0.369 e. The molecule has 3 aromatic rings. The molecule has 3 heterocycles. The first-order valence-electron chi connectivity index (χ1n) is 16.7. The minimum absolute atomic E-state index is 0.0285. The highest BCUT2D eigenvalue weighted by atomic mass is 28.3. The zero-order chi connectivity index (χ0) is 31.6. The van der Waals surface area contributed by atoms with Gasteiger partial charge in [0.1, 0.15) is 13.7 Å². The first kappa shape index (κ1) is 32.2. The van der Waals surface area contributed by atoms with E-state index in [1.165, 1.54) is 18.5 Å². The van der Waals surface area contributed by atoms with Crippen LogP contribution in [0.4, 0.5) is 17.3 Å². The van der Waals surface area contributed by atoms with Gasteiger partial charge in [-0.15, -0.1) is 5.54 Å².